The first-order chi connectivity index (χ1) is 6.97. The average molecular weight is 218 g/mol. The molecule has 1 N–H and O–H groups in total. The Hall–Kier alpha value is -1.86. The Bertz CT molecular complexity index is 473. The van der Waals surface area contributed by atoms with Gasteiger partial charge in [-0.1, -0.05) is 5.16 Å². The highest BCUT2D eigenvalue weighted by molar-refractivity contribution is 5.47. The number of hydrogen-bond acceptors (Lipinski definition) is 4. The lowest BCUT2D eigenvalue weighted by Crippen LogP contribution is -2.07. The van der Waals surface area contributed by atoms with Crippen LogP contribution in [0.2, 0.25) is 0 Å². The van der Waals surface area contributed by atoms with Gasteiger partial charge in [-0.25, -0.2) is 4.98 Å². The summed E-state index contributed by atoms with van der Waals surface area (Å²) in [4.78, 5) is 3.25. The highest BCUT2D eigenvalue weighted by Gasteiger charge is 2.35. The van der Waals surface area contributed by atoms with E-state index in [-0.39, 0.29) is 11.5 Å². The fourth-order valence-corrected chi connectivity index (χ4v) is 0.975. The summed E-state index contributed by atoms with van der Waals surface area (Å²) in [5.41, 5.74) is 0.166. The molecule has 2 aromatic rings. The number of nitrogens with zero attached hydrogens (tertiary/aromatic N) is 3. The Balaban J connectivity index is 2.36. The van der Waals surface area contributed by atoms with Crippen molar-refractivity contribution in [1.29, 1.82) is 0 Å². The number of halogens is 3. The van der Waals surface area contributed by atoms with Gasteiger partial charge in [0.25, 0.3) is 0 Å². The molecule has 0 saturated heterocycles. The molecule has 0 aromatic carbocycles. The number of aryl methyl sites for hydroxylation is 1. The number of aromatic nitrogens is 4. The van der Waals surface area contributed by atoms with E-state index in [0.29, 0.717) is 5.76 Å². The highest BCUT2D eigenvalue weighted by Crippen LogP contribution is 2.27. The zero-order valence-electron chi connectivity index (χ0n) is 7.46. The van der Waals surface area contributed by atoms with Crippen LogP contribution in [0.3, 0.4) is 0 Å². The SMILES string of the molecule is Cc1cc(-c2n[nH]c(C(F)(F)F)n2)no1. The van der Waals surface area contributed by atoms with Gasteiger partial charge in [-0.2, -0.15) is 18.3 Å². The molecule has 2 heterocycles. The minimum absolute atomic E-state index is 0.140. The molecule has 0 bridgehead atoms. The van der Waals surface area contributed by atoms with E-state index in [1.807, 2.05) is 0 Å². The Morgan fingerprint density at radius 3 is 2.60 bits per heavy atom. The fourth-order valence-electron chi connectivity index (χ4n) is 0.975. The second kappa shape index (κ2) is 3.07. The van der Waals surface area contributed by atoms with Crippen molar-refractivity contribution in [2.75, 3.05) is 0 Å². The first kappa shape index (κ1) is 9.69. The Morgan fingerprint density at radius 2 is 2.13 bits per heavy atom. The van der Waals surface area contributed by atoms with Crippen molar-refractivity contribution in [2.24, 2.45) is 0 Å². The van der Waals surface area contributed by atoms with Gasteiger partial charge >= 0.3 is 6.18 Å². The van der Waals surface area contributed by atoms with Crippen LogP contribution >= 0.6 is 0 Å². The van der Waals surface area contributed by atoms with Crippen molar-refractivity contribution in [2.45, 2.75) is 13.1 Å². The van der Waals surface area contributed by atoms with Crippen LogP contribution in [0.1, 0.15) is 11.6 Å². The van der Waals surface area contributed by atoms with Gasteiger partial charge in [0.2, 0.25) is 11.6 Å². The van der Waals surface area contributed by atoms with Crippen LogP contribution in [0.5, 0.6) is 0 Å². The van der Waals surface area contributed by atoms with E-state index in [1.54, 1.807) is 12.0 Å². The second-order valence-corrected chi connectivity index (χ2v) is 2.83. The molecule has 5 nitrogen and oxygen atoms in total. The van der Waals surface area contributed by atoms with E-state index in [4.69, 9.17) is 0 Å². The molecule has 0 saturated carbocycles. The molecular formula is C7H5F3N4O. The van der Waals surface area contributed by atoms with Crippen LogP contribution in [-0.4, -0.2) is 20.3 Å². The quantitative estimate of drug-likeness (QED) is 0.792. The third-order valence-corrected chi connectivity index (χ3v) is 1.61. The van der Waals surface area contributed by atoms with Crippen LogP contribution in [-0.2, 0) is 6.18 Å². The zero-order valence-corrected chi connectivity index (χ0v) is 7.46. The molecule has 0 unspecified atom stereocenters. The minimum atomic E-state index is -4.54. The molecule has 0 amide bonds. The first-order valence-electron chi connectivity index (χ1n) is 3.90. The molecule has 8 heteroatoms. The summed E-state index contributed by atoms with van der Waals surface area (Å²) in [6.45, 7) is 1.62. The average Bonchev–Trinajstić information content (AvgIpc) is 2.69. The smallest absolute Gasteiger partial charge is 0.361 e. The first-order valence-corrected chi connectivity index (χ1v) is 3.90. The third-order valence-electron chi connectivity index (χ3n) is 1.61. The van der Waals surface area contributed by atoms with Crippen LogP contribution in [0.25, 0.3) is 11.5 Å². The maximum atomic E-state index is 12.1. The Kier molecular flexibility index (Phi) is 1.98. The summed E-state index contributed by atoms with van der Waals surface area (Å²) in [5.74, 6) is -0.819. The van der Waals surface area contributed by atoms with Crippen molar-refractivity contribution >= 4 is 0 Å². The van der Waals surface area contributed by atoms with E-state index in [2.05, 4.69) is 19.8 Å². The van der Waals surface area contributed by atoms with Crippen molar-refractivity contribution in [3.63, 3.8) is 0 Å². The number of aromatic amines is 1. The molecule has 0 radical (unpaired) electrons. The standard InChI is InChI=1S/C7H5F3N4O/c1-3-2-4(14-15-3)5-11-6(13-12-5)7(8,9)10/h2H,1H3,(H,11,12,13). The van der Waals surface area contributed by atoms with Gasteiger partial charge in [-0.15, -0.1) is 0 Å². The van der Waals surface area contributed by atoms with Crippen molar-refractivity contribution in [3.05, 3.63) is 17.7 Å². The largest absolute Gasteiger partial charge is 0.451 e. The van der Waals surface area contributed by atoms with Gasteiger partial charge in [0.1, 0.15) is 5.76 Å². The lowest BCUT2D eigenvalue weighted by molar-refractivity contribution is -0.144. The highest BCUT2D eigenvalue weighted by atomic mass is 19.4. The molecule has 0 atom stereocenters. The number of H-pyrrole nitrogens is 1. The van der Waals surface area contributed by atoms with Crippen molar-refractivity contribution in [1.82, 2.24) is 20.3 Å². The molecule has 0 aliphatic rings. The van der Waals surface area contributed by atoms with Crippen LogP contribution in [0, 0.1) is 6.92 Å². The van der Waals surface area contributed by atoms with E-state index in [0.717, 1.165) is 0 Å². The normalized spacial score (nSPS) is 12.0. The summed E-state index contributed by atoms with van der Waals surface area (Å²) in [6.07, 6.45) is -4.54. The Labute approximate surface area is 81.3 Å². The maximum absolute atomic E-state index is 12.1. The summed E-state index contributed by atoms with van der Waals surface area (Å²) in [5, 5.41) is 8.67. The minimum Gasteiger partial charge on any atom is -0.361 e. The number of rotatable bonds is 1. The molecule has 0 spiro atoms. The summed E-state index contributed by atoms with van der Waals surface area (Å²) in [6, 6.07) is 1.45. The van der Waals surface area contributed by atoms with Gasteiger partial charge in [0.05, 0.1) is 0 Å². The van der Waals surface area contributed by atoms with Gasteiger partial charge < -0.3 is 4.52 Å². The molecule has 2 rings (SSSR count). The lowest BCUT2D eigenvalue weighted by Gasteiger charge is -1.97. The monoisotopic (exact) mass is 218 g/mol. The van der Waals surface area contributed by atoms with Gasteiger partial charge in [0, 0.05) is 6.07 Å². The van der Waals surface area contributed by atoms with Crippen LogP contribution < -0.4 is 0 Å². The number of nitrogens with one attached hydrogen (secondary N) is 1. The molecule has 0 aliphatic heterocycles. The molecule has 15 heavy (non-hydrogen) atoms. The van der Waals surface area contributed by atoms with E-state index >= 15 is 0 Å². The summed E-state index contributed by atoms with van der Waals surface area (Å²) < 4.78 is 41.1. The predicted octanol–water partition coefficient (Wildman–Crippen LogP) is 1.79. The Morgan fingerprint density at radius 1 is 1.40 bits per heavy atom. The van der Waals surface area contributed by atoms with E-state index in [1.165, 1.54) is 6.07 Å². The molecule has 0 aliphatic carbocycles. The van der Waals surface area contributed by atoms with Crippen molar-refractivity contribution in [3.8, 4) is 11.5 Å². The van der Waals surface area contributed by atoms with Gasteiger partial charge in [-0.3, -0.25) is 5.10 Å². The zero-order chi connectivity index (χ0) is 11.1. The van der Waals surface area contributed by atoms with Crippen LogP contribution in [0.15, 0.2) is 10.6 Å². The van der Waals surface area contributed by atoms with Gasteiger partial charge in [0.15, 0.2) is 5.69 Å². The molecular weight excluding hydrogens is 213 g/mol. The van der Waals surface area contributed by atoms with E-state index < -0.39 is 12.0 Å². The summed E-state index contributed by atoms with van der Waals surface area (Å²) in [7, 11) is 0. The van der Waals surface area contributed by atoms with E-state index in [9.17, 15) is 13.2 Å². The molecule has 2 aromatic heterocycles. The fraction of sp³-hybridized carbons (Fsp3) is 0.286. The lowest BCUT2D eigenvalue weighted by atomic mass is 10.4. The van der Waals surface area contributed by atoms with Crippen molar-refractivity contribution < 1.29 is 17.7 Å². The molecule has 80 valence electrons. The number of alkyl halides is 3. The third kappa shape index (κ3) is 1.83. The van der Waals surface area contributed by atoms with Gasteiger partial charge in [-0.05, 0) is 6.92 Å². The topological polar surface area (TPSA) is 67.6 Å². The maximum Gasteiger partial charge on any atom is 0.451 e. The summed E-state index contributed by atoms with van der Waals surface area (Å²) >= 11 is 0. The van der Waals surface area contributed by atoms with Crippen LogP contribution in [0.4, 0.5) is 13.2 Å². The second-order valence-electron chi connectivity index (χ2n) is 2.83. The predicted molar refractivity (Wildman–Crippen MR) is 41.6 cm³/mol. The molecule has 0 fully saturated rings. The number of hydrogen-bond donors (Lipinski definition) is 1.